The second-order valence-corrected chi connectivity index (χ2v) is 10.4. The normalized spacial score (nSPS) is 23.7. The van der Waals surface area contributed by atoms with Crippen molar-refractivity contribution in [1.82, 2.24) is 4.90 Å². The fourth-order valence-corrected chi connectivity index (χ4v) is 6.28. The molecule has 0 radical (unpaired) electrons. The van der Waals surface area contributed by atoms with Crippen LogP contribution < -0.4 is 9.04 Å². The Bertz CT molecular complexity index is 1190. The number of carboxylic acids is 1. The molecule has 5 rings (SSSR count). The number of benzene rings is 2. The van der Waals surface area contributed by atoms with Crippen molar-refractivity contribution in [1.29, 1.82) is 0 Å². The van der Waals surface area contributed by atoms with Crippen LogP contribution in [0.1, 0.15) is 53.6 Å². The van der Waals surface area contributed by atoms with Crippen LogP contribution in [-0.4, -0.2) is 50.6 Å². The van der Waals surface area contributed by atoms with Crippen molar-refractivity contribution in [2.45, 2.75) is 38.5 Å². The lowest BCUT2D eigenvalue weighted by Gasteiger charge is -2.33. The molecule has 1 N–H and O–H groups in total. The van der Waals surface area contributed by atoms with Gasteiger partial charge in [-0.25, -0.2) is 21.9 Å². The number of rotatable bonds is 7. The van der Waals surface area contributed by atoms with Crippen molar-refractivity contribution >= 4 is 28.2 Å². The smallest absolute Gasteiger partial charge is 0.341 e. The predicted octanol–water partition coefficient (Wildman–Crippen LogP) is 3.96. The number of ether oxygens (including phenoxy) is 1. The predicted molar refractivity (Wildman–Crippen MR) is 127 cm³/mol. The molecular weight excluding hydrogens is 459 g/mol. The molecule has 3 aliphatic rings. The summed E-state index contributed by atoms with van der Waals surface area (Å²) in [5, 5.41) is 10.1. The summed E-state index contributed by atoms with van der Waals surface area (Å²) >= 11 is 0. The van der Waals surface area contributed by atoms with E-state index in [1.807, 2.05) is 0 Å². The second kappa shape index (κ2) is 9.19. The molecule has 2 aliphatic heterocycles. The first kappa shape index (κ1) is 23.1. The van der Waals surface area contributed by atoms with Gasteiger partial charge in [0.15, 0.2) is 0 Å². The van der Waals surface area contributed by atoms with Crippen LogP contribution in [0.4, 0.5) is 15.8 Å². The van der Waals surface area contributed by atoms with Crippen molar-refractivity contribution in [3.63, 3.8) is 0 Å². The van der Waals surface area contributed by atoms with Gasteiger partial charge in [-0.15, -0.1) is 0 Å². The van der Waals surface area contributed by atoms with Gasteiger partial charge in [-0.05, 0) is 86.0 Å². The Morgan fingerprint density at radius 2 is 2.06 bits per heavy atom. The molecule has 0 aromatic heterocycles. The van der Waals surface area contributed by atoms with Gasteiger partial charge < -0.3 is 14.7 Å². The van der Waals surface area contributed by atoms with Gasteiger partial charge in [0, 0.05) is 12.5 Å². The second-order valence-electron chi connectivity index (χ2n) is 9.52. The molecule has 9 heteroatoms. The number of hydrogen-bond acceptors (Lipinski definition) is 5. The van der Waals surface area contributed by atoms with E-state index in [0.29, 0.717) is 24.5 Å². The zero-order valence-corrected chi connectivity index (χ0v) is 20.0. The fraction of sp³-hybridized carbons (Fsp3) is 0.480. The topological polar surface area (TPSA) is 87.2 Å². The first-order valence-corrected chi connectivity index (χ1v) is 13.0. The Balaban J connectivity index is 1.58. The minimum absolute atomic E-state index is 0.0214. The number of aromatic carboxylic acids is 1. The van der Waals surface area contributed by atoms with Gasteiger partial charge in [-0.1, -0.05) is 13.0 Å². The number of carbonyl (C=O) groups is 1. The minimum Gasteiger partial charge on any atom is -0.492 e. The Kier molecular flexibility index (Phi) is 6.24. The maximum atomic E-state index is 14.3. The lowest BCUT2D eigenvalue weighted by atomic mass is 9.90. The number of likely N-dealkylation sites (tertiary alicyclic amines) is 1. The molecule has 1 aliphatic carbocycles. The number of piperidine rings is 1. The van der Waals surface area contributed by atoms with Crippen LogP contribution in [0.5, 0.6) is 5.75 Å². The number of anilines is 2. The van der Waals surface area contributed by atoms with E-state index in [2.05, 4.69) is 11.8 Å². The molecule has 1 saturated carbocycles. The van der Waals surface area contributed by atoms with E-state index in [1.54, 1.807) is 12.1 Å². The maximum Gasteiger partial charge on any atom is 0.341 e. The molecule has 0 spiro atoms. The summed E-state index contributed by atoms with van der Waals surface area (Å²) in [6.07, 6.45) is 3.47. The molecule has 0 amide bonds. The number of nitrogens with zero attached hydrogens (tertiary/aromatic N) is 2. The highest BCUT2D eigenvalue weighted by molar-refractivity contribution is 7.74. The SMILES string of the molecule is CCN1CCCC(Cc2cc(F)ccc2N(c2ccc3c(c2C(=O)O)OC[C@@H]2C[C@H]32)[SH](=O)=O)C1. The minimum atomic E-state index is -3.25. The fourth-order valence-electron chi connectivity index (χ4n) is 5.57. The Morgan fingerprint density at radius 1 is 1.26 bits per heavy atom. The van der Waals surface area contributed by atoms with Crippen LogP contribution in [0.3, 0.4) is 0 Å². The highest BCUT2D eigenvalue weighted by Gasteiger charge is 2.45. The summed E-state index contributed by atoms with van der Waals surface area (Å²) in [6.45, 7) is 5.37. The van der Waals surface area contributed by atoms with Crippen molar-refractivity contribution < 1.29 is 27.4 Å². The maximum absolute atomic E-state index is 14.3. The zero-order valence-electron chi connectivity index (χ0n) is 19.1. The van der Waals surface area contributed by atoms with Crippen LogP contribution in [0, 0.1) is 17.7 Å². The zero-order chi connectivity index (χ0) is 24.0. The van der Waals surface area contributed by atoms with E-state index < -0.39 is 22.7 Å². The van der Waals surface area contributed by atoms with Crippen molar-refractivity contribution in [3.8, 4) is 5.75 Å². The summed E-state index contributed by atoms with van der Waals surface area (Å²) in [4.78, 5) is 14.7. The summed E-state index contributed by atoms with van der Waals surface area (Å²) < 4.78 is 46.3. The molecule has 2 fully saturated rings. The Hall–Kier alpha value is -2.65. The highest BCUT2D eigenvalue weighted by Crippen LogP contribution is 2.56. The Morgan fingerprint density at radius 3 is 2.79 bits per heavy atom. The van der Waals surface area contributed by atoms with E-state index in [1.165, 1.54) is 18.2 Å². The van der Waals surface area contributed by atoms with E-state index in [-0.39, 0.29) is 34.5 Å². The molecule has 0 bridgehead atoms. The van der Waals surface area contributed by atoms with Crippen LogP contribution in [0.25, 0.3) is 0 Å². The van der Waals surface area contributed by atoms with Crippen molar-refractivity contribution in [2.24, 2.45) is 11.8 Å². The molecular formula is C25H29FN2O5S. The summed E-state index contributed by atoms with van der Waals surface area (Å²) in [6, 6.07) is 7.34. The molecule has 182 valence electrons. The van der Waals surface area contributed by atoms with Gasteiger partial charge in [-0.2, -0.15) is 0 Å². The molecule has 3 atom stereocenters. The standard InChI is InChI=1S/C25H29FN2O5S/c1-2-27-9-3-4-15(13-27)10-16-11-18(26)5-7-21(16)28(34(31)32)22-8-6-19-20-12-17(20)14-33-24(19)23(22)25(29)30/h5-8,11,15,17,20,34H,2-4,9-10,12-14H2,1H3,(H,29,30)/t15?,17-,20-/m0/s1. The largest absolute Gasteiger partial charge is 0.492 e. The molecule has 7 nitrogen and oxygen atoms in total. The highest BCUT2D eigenvalue weighted by atomic mass is 32.2. The van der Waals surface area contributed by atoms with Crippen LogP contribution >= 0.6 is 0 Å². The van der Waals surface area contributed by atoms with Crippen LogP contribution in [0.2, 0.25) is 0 Å². The third kappa shape index (κ3) is 4.27. The van der Waals surface area contributed by atoms with Gasteiger partial charge >= 0.3 is 5.97 Å². The number of carboxylic acid groups (broad SMARTS) is 1. The summed E-state index contributed by atoms with van der Waals surface area (Å²) in [7, 11) is -3.25. The number of hydrogen-bond donors (Lipinski definition) is 2. The number of thiol groups is 1. The molecule has 1 unspecified atom stereocenters. The van der Waals surface area contributed by atoms with Gasteiger partial charge in [-0.3, -0.25) is 0 Å². The number of halogens is 1. The number of fused-ring (bicyclic) bond motifs is 3. The lowest BCUT2D eigenvalue weighted by Crippen LogP contribution is -2.36. The van der Waals surface area contributed by atoms with Gasteiger partial charge in [0.25, 0.3) is 0 Å². The van der Waals surface area contributed by atoms with E-state index in [0.717, 1.165) is 48.8 Å². The third-order valence-electron chi connectivity index (χ3n) is 7.36. The van der Waals surface area contributed by atoms with Crippen LogP contribution in [0.15, 0.2) is 30.3 Å². The molecule has 34 heavy (non-hydrogen) atoms. The average Bonchev–Trinajstić information content (AvgIpc) is 3.60. The first-order valence-electron chi connectivity index (χ1n) is 11.9. The van der Waals surface area contributed by atoms with Gasteiger partial charge in [0.2, 0.25) is 10.9 Å². The lowest BCUT2D eigenvalue weighted by molar-refractivity contribution is 0.0692. The van der Waals surface area contributed by atoms with E-state index in [4.69, 9.17) is 4.74 Å². The van der Waals surface area contributed by atoms with E-state index in [9.17, 15) is 22.7 Å². The summed E-state index contributed by atoms with van der Waals surface area (Å²) in [5.41, 5.74) is 1.52. The molecule has 2 heterocycles. The first-order chi connectivity index (χ1) is 16.4. The molecule has 1 saturated heterocycles. The van der Waals surface area contributed by atoms with Crippen molar-refractivity contribution in [3.05, 3.63) is 52.8 Å². The van der Waals surface area contributed by atoms with Gasteiger partial charge in [0.1, 0.15) is 17.1 Å². The average molecular weight is 489 g/mol. The van der Waals surface area contributed by atoms with Gasteiger partial charge in [0.05, 0.1) is 18.0 Å². The van der Waals surface area contributed by atoms with Crippen molar-refractivity contribution in [2.75, 3.05) is 30.5 Å². The summed E-state index contributed by atoms with van der Waals surface area (Å²) in [5.74, 6) is -0.524. The van der Waals surface area contributed by atoms with E-state index >= 15 is 0 Å². The molecule has 2 aromatic rings. The third-order valence-corrected chi connectivity index (χ3v) is 8.12. The monoisotopic (exact) mass is 488 g/mol. The quantitative estimate of drug-likeness (QED) is 0.574. The van der Waals surface area contributed by atoms with Crippen LogP contribution in [-0.2, 0) is 17.3 Å². The molecule has 2 aromatic carbocycles. The Labute approximate surface area is 200 Å².